The number of hydrogen-bond acceptors (Lipinski definition) is 5. The number of nitrogens with one attached hydrogen (secondary N) is 1. The van der Waals surface area contributed by atoms with Crippen LogP contribution in [0.1, 0.15) is 43.4 Å². The van der Waals surface area contributed by atoms with Crippen LogP contribution in [0.2, 0.25) is 0 Å². The average molecular weight is 448 g/mol. The molecule has 0 saturated carbocycles. The van der Waals surface area contributed by atoms with Crippen LogP contribution in [0.15, 0.2) is 61.3 Å². The third-order valence-corrected chi connectivity index (χ3v) is 6.02. The minimum absolute atomic E-state index is 0.0238. The summed E-state index contributed by atoms with van der Waals surface area (Å²) < 4.78 is 7.08. The van der Waals surface area contributed by atoms with E-state index in [1.165, 1.54) is 0 Å². The normalized spacial score (nSPS) is 17.9. The molecule has 2 unspecified atom stereocenters. The first-order valence-corrected chi connectivity index (χ1v) is 11.2. The molecular formula is C25H29N5O3. The van der Waals surface area contributed by atoms with Gasteiger partial charge in [0.2, 0.25) is 11.8 Å². The van der Waals surface area contributed by atoms with Crippen LogP contribution in [0, 0.1) is 5.92 Å². The fourth-order valence-electron chi connectivity index (χ4n) is 4.26. The lowest BCUT2D eigenvalue weighted by Gasteiger charge is -2.28. The minimum Gasteiger partial charge on any atom is -0.497 e. The van der Waals surface area contributed by atoms with Crippen molar-refractivity contribution in [2.75, 3.05) is 13.7 Å². The van der Waals surface area contributed by atoms with Crippen LogP contribution in [0.4, 0.5) is 0 Å². The fraction of sp³-hybridized carbons (Fsp3) is 0.360. The van der Waals surface area contributed by atoms with Gasteiger partial charge in [0.05, 0.1) is 19.1 Å². The number of carbonyl (C=O) groups is 2. The first-order chi connectivity index (χ1) is 16.1. The van der Waals surface area contributed by atoms with Gasteiger partial charge in [-0.1, -0.05) is 25.5 Å². The molecule has 0 aliphatic carbocycles. The Kier molecular flexibility index (Phi) is 7.02. The first kappa shape index (κ1) is 22.5. The molecule has 33 heavy (non-hydrogen) atoms. The quantitative estimate of drug-likeness (QED) is 0.544. The molecule has 1 fully saturated rings. The van der Waals surface area contributed by atoms with E-state index in [1.807, 2.05) is 52.1 Å². The minimum atomic E-state index is -0.447. The molecule has 2 amide bonds. The van der Waals surface area contributed by atoms with E-state index in [1.54, 1.807) is 25.8 Å². The van der Waals surface area contributed by atoms with Crippen molar-refractivity contribution in [2.45, 2.75) is 38.8 Å². The number of imidazole rings is 1. The lowest BCUT2D eigenvalue weighted by atomic mass is 9.92. The highest BCUT2D eigenvalue weighted by Gasteiger charge is 2.44. The van der Waals surface area contributed by atoms with E-state index >= 15 is 0 Å². The molecule has 1 N–H and O–H groups in total. The number of unbranched alkanes of at least 4 members (excludes halogenated alkanes) is 1. The number of amides is 2. The number of nitrogens with zero attached hydrogens (tertiary/aromatic N) is 4. The number of ether oxygens (including phenoxy) is 1. The molecule has 2 atom stereocenters. The lowest BCUT2D eigenvalue weighted by molar-refractivity contribution is -0.129. The van der Waals surface area contributed by atoms with Crippen LogP contribution < -0.4 is 10.1 Å². The predicted octanol–water partition coefficient (Wildman–Crippen LogP) is 3.28. The first-order valence-electron chi connectivity index (χ1n) is 11.2. The van der Waals surface area contributed by atoms with Gasteiger partial charge in [0, 0.05) is 38.1 Å². The number of aromatic nitrogens is 3. The van der Waals surface area contributed by atoms with E-state index in [0.717, 1.165) is 35.5 Å². The van der Waals surface area contributed by atoms with Crippen molar-refractivity contribution in [3.05, 3.63) is 72.4 Å². The predicted molar refractivity (Wildman–Crippen MR) is 124 cm³/mol. The summed E-state index contributed by atoms with van der Waals surface area (Å²) in [4.78, 5) is 36.4. The molecular weight excluding hydrogens is 418 g/mol. The summed E-state index contributed by atoms with van der Waals surface area (Å²) in [5.41, 5.74) is 1.87. The highest BCUT2D eigenvalue weighted by atomic mass is 16.5. The van der Waals surface area contributed by atoms with E-state index in [2.05, 4.69) is 22.2 Å². The van der Waals surface area contributed by atoms with Crippen LogP contribution in [0.3, 0.4) is 0 Å². The molecule has 8 nitrogen and oxygen atoms in total. The maximum Gasteiger partial charge on any atom is 0.226 e. The highest BCUT2D eigenvalue weighted by molar-refractivity contribution is 5.90. The Morgan fingerprint density at radius 2 is 2.03 bits per heavy atom. The smallest absolute Gasteiger partial charge is 0.226 e. The van der Waals surface area contributed by atoms with E-state index in [0.29, 0.717) is 13.1 Å². The van der Waals surface area contributed by atoms with Crippen molar-refractivity contribution < 1.29 is 14.3 Å². The van der Waals surface area contributed by atoms with E-state index in [9.17, 15) is 9.59 Å². The zero-order chi connectivity index (χ0) is 23.2. The second-order valence-electron chi connectivity index (χ2n) is 8.18. The second-order valence-corrected chi connectivity index (χ2v) is 8.18. The Hall–Kier alpha value is -3.68. The molecule has 0 bridgehead atoms. The Bertz CT molecular complexity index is 1080. The monoisotopic (exact) mass is 447 g/mol. The van der Waals surface area contributed by atoms with Crippen LogP contribution in [0.5, 0.6) is 5.75 Å². The maximum absolute atomic E-state index is 13.3. The summed E-state index contributed by atoms with van der Waals surface area (Å²) in [5, 5.41) is 3.04. The Balaban J connectivity index is 1.51. The molecule has 8 heteroatoms. The zero-order valence-corrected chi connectivity index (χ0v) is 19.0. The van der Waals surface area contributed by atoms with Gasteiger partial charge in [0.25, 0.3) is 0 Å². The summed E-state index contributed by atoms with van der Waals surface area (Å²) in [5.74, 6) is 0.935. The Labute approximate surface area is 193 Å². The van der Waals surface area contributed by atoms with Crippen LogP contribution >= 0.6 is 0 Å². The van der Waals surface area contributed by atoms with Crippen molar-refractivity contribution in [3.8, 4) is 11.6 Å². The summed E-state index contributed by atoms with van der Waals surface area (Å²) in [6.07, 6.45) is 9.00. The van der Waals surface area contributed by atoms with Crippen molar-refractivity contribution in [1.82, 2.24) is 24.8 Å². The van der Waals surface area contributed by atoms with Gasteiger partial charge < -0.3 is 15.0 Å². The molecule has 2 aromatic heterocycles. The van der Waals surface area contributed by atoms with Crippen molar-refractivity contribution in [3.63, 3.8) is 0 Å². The lowest BCUT2D eigenvalue weighted by Crippen LogP contribution is -2.35. The number of pyridine rings is 1. The Morgan fingerprint density at radius 1 is 1.21 bits per heavy atom. The third-order valence-electron chi connectivity index (χ3n) is 6.02. The summed E-state index contributed by atoms with van der Waals surface area (Å²) in [6, 6.07) is 11.1. The SMILES string of the molecule is CCCCN1C(=O)CC(C(=O)NCc2ccnc(-n3ccnc3)c2)C1c1ccc(OC)cc1. The van der Waals surface area contributed by atoms with E-state index in [-0.39, 0.29) is 24.3 Å². The number of hydrogen-bond donors (Lipinski definition) is 1. The van der Waals surface area contributed by atoms with Gasteiger partial charge in [-0.25, -0.2) is 9.97 Å². The zero-order valence-electron chi connectivity index (χ0n) is 19.0. The van der Waals surface area contributed by atoms with Gasteiger partial charge in [0.15, 0.2) is 0 Å². The molecule has 1 saturated heterocycles. The van der Waals surface area contributed by atoms with Gasteiger partial charge in [0.1, 0.15) is 17.9 Å². The van der Waals surface area contributed by atoms with Crippen LogP contribution in [0.25, 0.3) is 5.82 Å². The van der Waals surface area contributed by atoms with Crippen LogP contribution in [-0.2, 0) is 16.1 Å². The number of methoxy groups -OCH3 is 1. The second kappa shape index (κ2) is 10.3. The average Bonchev–Trinajstić information content (AvgIpc) is 3.50. The third kappa shape index (κ3) is 5.05. The standard InChI is InChI=1S/C25H29N5O3/c1-3-4-12-30-23(31)15-21(24(30)19-5-7-20(33-2)8-6-19)25(32)28-16-18-9-10-27-22(14-18)29-13-11-26-17-29/h5-11,13-14,17,21,24H,3-4,12,15-16H2,1-2H3,(H,28,32). The molecule has 0 spiro atoms. The van der Waals surface area contributed by atoms with E-state index in [4.69, 9.17) is 4.74 Å². The van der Waals surface area contributed by atoms with Gasteiger partial charge >= 0.3 is 0 Å². The number of likely N-dealkylation sites (tertiary alicyclic amines) is 1. The van der Waals surface area contributed by atoms with Gasteiger partial charge in [-0.05, 0) is 41.8 Å². The molecule has 3 heterocycles. The number of benzene rings is 1. The van der Waals surface area contributed by atoms with Gasteiger partial charge in [-0.15, -0.1) is 0 Å². The maximum atomic E-state index is 13.3. The van der Waals surface area contributed by atoms with Gasteiger partial charge in [-0.3, -0.25) is 14.2 Å². The van der Waals surface area contributed by atoms with Crippen molar-refractivity contribution >= 4 is 11.8 Å². The fourth-order valence-corrected chi connectivity index (χ4v) is 4.26. The van der Waals surface area contributed by atoms with Crippen molar-refractivity contribution in [2.24, 2.45) is 5.92 Å². The highest BCUT2D eigenvalue weighted by Crippen LogP contribution is 2.39. The number of carbonyl (C=O) groups excluding carboxylic acids is 2. The van der Waals surface area contributed by atoms with Crippen LogP contribution in [-0.4, -0.2) is 44.9 Å². The number of rotatable bonds is 9. The topological polar surface area (TPSA) is 89.4 Å². The molecule has 1 aromatic carbocycles. The summed E-state index contributed by atoms with van der Waals surface area (Å²) in [6.45, 7) is 3.10. The van der Waals surface area contributed by atoms with E-state index < -0.39 is 5.92 Å². The Morgan fingerprint density at radius 3 is 2.73 bits per heavy atom. The molecule has 4 rings (SSSR count). The molecule has 172 valence electrons. The molecule has 1 aliphatic rings. The summed E-state index contributed by atoms with van der Waals surface area (Å²) >= 11 is 0. The summed E-state index contributed by atoms with van der Waals surface area (Å²) in [7, 11) is 1.62. The van der Waals surface area contributed by atoms with Crippen molar-refractivity contribution in [1.29, 1.82) is 0 Å². The largest absolute Gasteiger partial charge is 0.497 e. The molecule has 3 aromatic rings. The molecule has 1 aliphatic heterocycles. The molecule has 0 radical (unpaired) electrons. The van der Waals surface area contributed by atoms with Gasteiger partial charge in [-0.2, -0.15) is 0 Å².